The Morgan fingerprint density at radius 3 is 2.06 bits per heavy atom. The van der Waals surface area contributed by atoms with Gasteiger partial charge in [0.2, 0.25) is 0 Å². The average Bonchev–Trinajstić information content (AvgIpc) is 3.23. The predicted molar refractivity (Wildman–Crippen MR) is 124 cm³/mol. The molecule has 0 radical (unpaired) electrons. The zero-order valence-electron chi connectivity index (χ0n) is 17.0. The van der Waals surface area contributed by atoms with Crippen LogP contribution in [0.2, 0.25) is 0 Å². The molecule has 1 aromatic heterocycles. The lowest BCUT2D eigenvalue weighted by molar-refractivity contribution is -0.734. The minimum atomic E-state index is -5.25. The van der Waals surface area contributed by atoms with Crippen molar-refractivity contribution in [3.05, 3.63) is 80.4 Å². The van der Waals surface area contributed by atoms with Crippen LogP contribution in [0.15, 0.2) is 76.5 Å². The van der Waals surface area contributed by atoms with Gasteiger partial charge in [-0.05, 0) is 87.1 Å². The SMILES string of the molecule is O=[N+]([O-])c1ccc(-[n+]2nc(-c3ccc(S(=O)(=O)[O-])cc3S(=O)(=O)[O-])nn2-c2ccc(I)cc2)cc1. The van der Waals surface area contributed by atoms with Crippen LogP contribution < -0.4 is 4.80 Å². The molecule has 0 aliphatic carbocycles. The summed E-state index contributed by atoms with van der Waals surface area (Å²) in [5, 5.41) is 19.5. The number of non-ortho nitro benzene ring substituents is 1. The second kappa shape index (κ2) is 9.04. The minimum absolute atomic E-state index is 0.177. The number of aromatic nitrogens is 4. The maximum Gasteiger partial charge on any atom is 0.341 e. The summed E-state index contributed by atoms with van der Waals surface area (Å²) in [7, 11) is -10.3. The van der Waals surface area contributed by atoms with Gasteiger partial charge in [-0.3, -0.25) is 10.1 Å². The molecule has 0 amide bonds. The maximum atomic E-state index is 11.9. The van der Waals surface area contributed by atoms with E-state index in [1.165, 1.54) is 33.9 Å². The monoisotopic (exact) mass is 628 g/mol. The fraction of sp³-hybridized carbons (Fsp3) is 0. The molecule has 0 aliphatic rings. The van der Waals surface area contributed by atoms with Crippen molar-refractivity contribution in [2.45, 2.75) is 9.79 Å². The van der Waals surface area contributed by atoms with Crippen molar-refractivity contribution >= 4 is 48.5 Å². The third kappa shape index (κ3) is 5.20. The van der Waals surface area contributed by atoms with Crippen LogP contribution in [0.1, 0.15) is 0 Å². The summed E-state index contributed by atoms with van der Waals surface area (Å²) in [4.78, 5) is 11.0. The summed E-state index contributed by atoms with van der Waals surface area (Å²) < 4.78 is 70.6. The first-order chi connectivity index (χ1) is 16.3. The van der Waals surface area contributed by atoms with Gasteiger partial charge in [0.25, 0.3) is 5.69 Å². The summed E-state index contributed by atoms with van der Waals surface area (Å²) in [6.07, 6.45) is 0. The summed E-state index contributed by atoms with van der Waals surface area (Å²) >= 11 is 2.09. The van der Waals surface area contributed by atoms with E-state index in [9.17, 15) is 36.1 Å². The normalized spacial score (nSPS) is 12.0. The van der Waals surface area contributed by atoms with Crippen molar-refractivity contribution in [2.24, 2.45) is 0 Å². The van der Waals surface area contributed by atoms with Gasteiger partial charge in [-0.15, -0.1) is 0 Å². The molecule has 0 fully saturated rings. The summed E-state index contributed by atoms with van der Waals surface area (Å²) in [6.45, 7) is 0. The number of rotatable bonds is 6. The Kier molecular flexibility index (Phi) is 6.40. The molecule has 4 rings (SSSR count). The number of hydrogen-bond donors (Lipinski definition) is 0. The Morgan fingerprint density at radius 2 is 1.51 bits per heavy atom. The van der Waals surface area contributed by atoms with E-state index in [0.29, 0.717) is 17.4 Å². The van der Waals surface area contributed by atoms with Crippen molar-refractivity contribution in [3.8, 4) is 22.8 Å². The molecule has 0 saturated heterocycles. The minimum Gasteiger partial charge on any atom is -0.744 e. The molecule has 35 heavy (non-hydrogen) atoms. The molecule has 13 nitrogen and oxygen atoms in total. The molecule has 0 spiro atoms. The first-order valence-corrected chi connectivity index (χ1v) is 13.2. The molecule has 0 aliphatic heterocycles. The molecule has 180 valence electrons. The molecule has 16 heteroatoms. The fourth-order valence-electron chi connectivity index (χ4n) is 3.06. The van der Waals surface area contributed by atoms with Crippen molar-refractivity contribution in [1.29, 1.82) is 0 Å². The van der Waals surface area contributed by atoms with Gasteiger partial charge in [-0.25, -0.2) is 16.8 Å². The molecule has 0 N–H and O–H groups in total. The smallest absolute Gasteiger partial charge is 0.341 e. The third-order valence-corrected chi connectivity index (χ3v) is 7.09. The number of nitro groups is 1. The number of tetrazole rings is 1. The first-order valence-electron chi connectivity index (χ1n) is 9.31. The van der Waals surface area contributed by atoms with Crippen molar-refractivity contribution in [2.75, 3.05) is 0 Å². The lowest BCUT2D eigenvalue weighted by Gasteiger charge is -2.13. The molecule has 3 aromatic carbocycles. The number of hydrogen-bond acceptors (Lipinski definition) is 10. The fourth-order valence-corrected chi connectivity index (χ4v) is 4.69. The van der Waals surface area contributed by atoms with E-state index in [0.717, 1.165) is 15.7 Å². The Bertz CT molecular complexity index is 1670. The van der Waals surface area contributed by atoms with Crippen molar-refractivity contribution in [1.82, 2.24) is 15.0 Å². The van der Waals surface area contributed by atoms with Crippen LogP contribution >= 0.6 is 22.6 Å². The number of nitro benzene ring substituents is 1. The van der Waals surface area contributed by atoms with E-state index in [-0.39, 0.29) is 17.1 Å². The average molecular weight is 628 g/mol. The second-order valence-corrected chi connectivity index (χ2v) is 10.9. The van der Waals surface area contributed by atoms with Gasteiger partial charge in [-0.2, -0.15) is 0 Å². The molecule has 4 aromatic rings. The molecule has 0 saturated carbocycles. The third-order valence-electron chi connectivity index (χ3n) is 4.66. The molecule has 1 heterocycles. The Morgan fingerprint density at radius 1 is 0.886 bits per heavy atom. The number of nitrogens with zero attached hydrogens (tertiary/aromatic N) is 5. The van der Waals surface area contributed by atoms with E-state index in [4.69, 9.17) is 0 Å². The Hall–Kier alpha value is -3.32. The van der Waals surface area contributed by atoms with Crippen LogP contribution in [0.5, 0.6) is 0 Å². The van der Waals surface area contributed by atoms with E-state index in [1.54, 1.807) is 24.3 Å². The Balaban J connectivity index is 1.97. The zero-order chi connectivity index (χ0) is 25.5. The maximum absolute atomic E-state index is 11.9. The molecule has 0 atom stereocenters. The lowest BCUT2D eigenvalue weighted by atomic mass is 10.2. The number of benzene rings is 3. The van der Waals surface area contributed by atoms with Crippen LogP contribution in [-0.2, 0) is 20.2 Å². The van der Waals surface area contributed by atoms with Crippen LogP contribution in [0.3, 0.4) is 0 Å². The summed E-state index contributed by atoms with van der Waals surface area (Å²) in [5.74, 6) is -0.286. The van der Waals surface area contributed by atoms with Crippen molar-refractivity contribution < 1.29 is 35.7 Å². The summed E-state index contributed by atoms with van der Waals surface area (Å²) in [6, 6.07) is 14.4. The zero-order valence-corrected chi connectivity index (χ0v) is 20.8. The largest absolute Gasteiger partial charge is 0.744 e. The topological polar surface area (TPSA) is 192 Å². The highest BCUT2D eigenvalue weighted by atomic mass is 127. The van der Waals surface area contributed by atoms with Gasteiger partial charge in [0, 0.05) is 20.5 Å². The predicted octanol–water partition coefficient (Wildman–Crippen LogP) is 1.53. The van der Waals surface area contributed by atoms with Crippen molar-refractivity contribution in [3.63, 3.8) is 0 Å². The molecule has 0 bridgehead atoms. The van der Waals surface area contributed by atoms with E-state index < -0.39 is 35.0 Å². The Labute approximate surface area is 211 Å². The van der Waals surface area contributed by atoms with Crippen LogP contribution in [0, 0.1) is 13.7 Å². The van der Waals surface area contributed by atoms with E-state index in [1.807, 2.05) is 0 Å². The summed E-state index contributed by atoms with van der Waals surface area (Å²) in [5.41, 5.74) is 0.252. The first kappa shape index (κ1) is 24.8. The second-order valence-electron chi connectivity index (χ2n) is 6.92. The van der Waals surface area contributed by atoms with Crippen LogP contribution in [0.4, 0.5) is 5.69 Å². The van der Waals surface area contributed by atoms with Crippen LogP contribution in [0.25, 0.3) is 22.8 Å². The quantitative estimate of drug-likeness (QED) is 0.0994. The van der Waals surface area contributed by atoms with E-state index >= 15 is 0 Å². The standard InChI is InChI=1S/C19H12IN5O8S2/c20-12-1-3-13(4-2-12)23-21-19(22-24(23)14-5-7-15(8-6-14)25(26)27)17-10-9-16(34(28,29)30)11-18(17)35(31,32)33/h1-11H,(H-,28,29,30,31,32,33)/p-1. The number of halogens is 1. The highest BCUT2D eigenvalue weighted by molar-refractivity contribution is 14.1. The lowest BCUT2D eigenvalue weighted by Crippen LogP contribution is -2.43. The van der Waals surface area contributed by atoms with Gasteiger partial charge < -0.3 is 9.11 Å². The molecular formula is C19H11IN5O8S2-. The van der Waals surface area contributed by atoms with Gasteiger partial charge >= 0.3 is 5.82 Å². The highest BCUT2D eigenvalue weighted by Gasteiger charge is 2.27. The van der Waals surface area contributed by atoms with Gasteiger partial charge in [0.05, 0.1) is 25.4 Å². The van der Waals surface area contributed by atoms with Gasteiger partial charge in [-0.1, -0.05) is 0 Å². The van der Waals surface area contributed by atoms with Crippen LogP contribution in [-0.4, -0.2) is 45.9 Å². The molecular weight excluding hydrogens is 617 g/mol. The van der Waals surface area contributed by atoms with Gasteiger partial charge in [0.15, 0.2) is 5.69 Å². The highest BCUT2D eigenvalue weighted by Crippen LogP contribution is 2.27. The van der Waals surface area contributed by atoms with Gasteiger partial charge in [0.1, 0.15) is 25.9 Å². The molecule has 0 unspecified atom stereocenters. The van der Waals surface area contributed by atoms with E-state index in [2.05, 4.69) is 32.8 Å².